The molecule has 1 N–H and O–H groups in total. The van der Waals surface area contributed by atoms with Gasteiger partial charge in [0.1, 0.15) is 0 Å². The topological polar surface area (TPSA) is 55.4 Å². The van der Waals surface area contributed by atoms with Gasteiger partial charge >= 0.3 is 5.97 Å². The number of amides is 1. The van der Waals surface area contributed by atoms with Gasteiger partial charge in [-0.1, -0.05) is 0 Å². The Morgan fingerprint density at radius 2 is 2.14 bits per heavy atom. The highest BCUT2D eigenvalue weighted by atomic mass is 16.5. The van der Waals surface area contributed by atoms with Crippen LogP contribution in [0.3, 0.4) is 0 Å². The lowest BCUT2D eigenvalue weighted by Crippen LogP contribution is -2.49. The Bertz CT molecular complexity index is 260. The van der Waals surface area contributed by atoms with E-state index in [1.165, 1.54) is 7.11 Å². The number of nitrogens with one attached hydrogen (secondary N) is 1. The summed E-state index contributed by atoms with van der Waals surface area (Å²) in [6.45, 7) is 0. The third kappa shape index (κ3) is 1.74. The Morgan fingerprint density at radius 3 is 2.71 bits per heavy atom. The first-order chi connectivity index (χ1) is 6.72. The summed E-state index contributed by atoms with van der Waals surface area (Å²) in [5.74, 6) is 0.275. The molecule has 0 aromatic heterocycles. The predicted octanol–water partition coefficient (Wildman–Crippen LogP) is 0.464. The van der Waals surface area contributed by atoms with E-state index in [1.807, 2.05) is 0 Å². The minimum absolute atomic E-state index is 0.0312. The van der Waals surface area contributed by atoms with Gasteiger partial charge < -0.3 is 10.1 Å². The fourth-order valence-electron chi connectivity index (χ4n) is 2.14. The van der Waals surface area contributed by atoms with Crippen LogP contribution < -0.4 is 5.32 Å². The monoisotopic (exact) mass is 197 g/mol. The molecule has 1 amide bonds. The van der Waals surface area contributed by atoms with E-state index >= 15 is 0 Å². The molecule has 14 heavy (non-hydrogen) atoms. The zero-order valence-electron chi connectivity index (χ0n) is 8.29. The first kappa shape index (κ1) is 9.49. The number of carbonyl (C=O) groups excluding carboxylic acids is 2. The van der Waals surface area contributed by atoms with Gasteiger partial charge in [-0.05, 0) is 25.2 Å². The van der Waals surface area contributed by atoms with E-state index in [4.69, 9.17) is 4.74 Å². The van der Waals surface area contributed by atoms with Crippen LogP contribution >= 0.6 is 0 Å². The van der Waals surface area contributed by atoms with Crippen LogP contribution in [0.4, 0.5) is 0 Å². The third-order valence-electron chi connectivity index (χ3n) is 3.08. The minimum atomic E-state index is -0.179. The van der Waals surface area contributed by atoms with Crippen LogP contribution in [0.1, 0.15) is 25.7 Å². The molecule has 1 aliphatic carbocycles. The molecule has 1 aliphatic heterocycles. The predicted molar refractivity (Wildman–Crippen MR) is 49.4 cm³/mol. The number of ether oxygens (including phenoxy) is 1. The van der Waals surface area contributed by atoms with Crippen molar-refractivity contribution in [1.82, 2.24) is 5.32 Å². The lowest BCUT2D eigenvalue weighted by molar-refractivity contribution is -0.148. The van der Waals surface area contributed by atoms with Crippen molar-refractivity contribution < 1.29 is 14.3 Å². The quantitative estimate of drug-likeness (QED) is 0.654. The van der Waals surface area contributed by atoms with Crippen molar-refractivity contribution in [3.05, 3.63) is 0 Å². The first-order valence-electron chi connectivity index (χ1n) is 5.09. The standard InChI is InChI=1S/C10H15NO3/c1-14-10(13)7-4-5-8(12)11-9(7)6-2-3-6/h6-7,9H,2-5H2,1H3,(H,11,12)/t7-,9+/m0/s1. The summed E-state index contributed by atoms with van der Waals surface area (Å²) in [6.07, 6.45) is 3.33. The Morgan fingerprint density at radius 1 is 1.43 bits per heavy atom. The number of rotatable bonds is 2. The second-order valence-electron chi connectivity index (χ2n) is 4.10. The fourth-order valence-corrected chi connectivity index (χ4v) is 2.14. The lowest BCUT2D eigenvalue weighted by Gasteiger charge is -2.30. The third-order valence-corrected chi connectivity index (χ3v) is 3.08. The van der Waals surface area contributed by atoms with Crippen molar-refractivity contribution in [3.8, 4) is 0 Å². The molecule has 1 saturated heterocycles. The maximum absolute atomic E-state index is 11.4. The van der Waals surface area contributed by atoms with Crippen LogP contribution in [0.25, 0.3) is 0 Å². The van der Waals surface area contributed by atoms with E-state index in [2.05, 4.69) is 5.32 Å². The Kier molecular flexibility index (Phi) is 2.44. The molecule has 2 atom stereocenters. The zero-order chi connectivity index (χ0) is 10.1. The van der Waals surface area contributed by atoms with Gasteiger partial charge in [-0.3, -0.25) is 9.59 Å². The number of piperidine rings is 1. The van der Waals surface area contributed by atoms with Gasteiger partial charge in [-0.15, -0.1) is 0 Å². The second kappa shape index (κ2) is 3.59. The van der Waals surface area contributed by atoms with Gasteiger partial charge in [0, 0.05) is 12.5 Å². The Balaban J connectivity index is 2.05. The van der Waals surface area contributed by atoms with Gasteiger partial charge in [-0.25, -0.2) is 0 Å². The summed E-state index contributed by atoms with van der Waals surface area (Å²) < 4.78 is 4.74. The van der Waals surface area contributed by atoms with Gasteiger partial charge in [0.15, 0.2) is 0 Å². The van der Waals surface area contributed by atoms with Crippen molar-refractivity contribution in [2.45, 2.75) is 31.7 Å². The lowest BCUT2D eigenvalue weighted by atomic mass is 9.87. The number of carbonyl (C=O) groups is 2. The van der Waals surface area contributed by atoms with Crippen molar-refractivity contribution >= 4 is 11.9 Å². The number of hydrogen-bond acceptors (Lipinski definition) is 3. The highest BCUT2D eigenvalue weighted by molar-refractivity contribution is 5.82. The second-order valence-corrected chi connectivity index (χ2v) is 4.10. The number of esters is 1. The maximum atomic E-state index is 11.4. The highest BCUT2D eigenvalue weighted by Gasteiger charge is 2.43. The molecule has 1 saturated carbocycles. The van der Waals surface area contributed by atoms with E-state index in [0.29, 0.717) is 18.8 Å². The van der Waals surface area contributed by atoms with Gasteiger partial charge in [0.2, 0.25) is 5.91 Å². The molecule has 4 heteroatoms. The van der Waals surface area contributed by atoms with Gasteiger partial charge in [0.05, 0.1) is 13.0 Å². The van der Waals surface area contributed by atoms with E-state index in [9.17, 15) is 9.59 Å². The van der Waals surface area contributed by atoms with Crippen LogP contribution in [0.15, 0.2) is 0 Å². The van der Waals surface area contributed by atoms with Crippen LogP contribution in [0.5, 0.6) is 0 Å². The molecule has 1 heterocycles. The average molecular weight is 197 g/mol. The van der Waals surface area contributed by atoms with Crippen molar-refractivity contribution in [2.24, 2.45) is 11.8 Å². The fraction of sp³-hybridized carbons (Fsp3) is 0.800. The molecule has 2 fully saturated rings. The normalized spacial score (nSPS) is 32.2. The summed E-state index contributed by atoms with van der Waals surface area (Å²) in [4.78, 5) is 22.6. The first-order valence-corrected chi connectivity index (χ1v) is 5.09. The Labute approximate surface area is 83.0 Å². The van der Waals surface area contributed by atoms with Crippen LogP contribution in [0, 0.1) is 11.8 Å². The van der Waals surface area contributed by atoms with Crippen molar-refractivity contribution in [1.29, 1.82) is 0 Å². The van der Waals surface area contributed by atoms with Crippen molar-refractivity contribution in [2.75, 3.05) is 7.11 Å². The molecular weight excluding hydrogens is 182 g/mol. The molecule has 2 aliphatic rings. The summed E-state index contributed by atoms with van der Waals surface area (Å²) in [5, 5.41) is 2.90. The van der Waals surface area contributed by atoms with E-state index in [1.54, 1.807) is 0 Å². The largest absolute Gasteiger partial charge is 0.469 e. The van der Waals surface area contributed by atoms with Crippen LogP contribution in [0.2, 0.25) is 0 Å². The van der Waals surface area contributed by atoms with E-state index < -0.39 is 0 Å². The molecule has 0 aromatic carbocycles. The summed E-state index contributed by atoms with van der Waals surface area (Å²) in [5.41, 5.74) is 0. The van der Waals surface area contributed by atoms with Crippen molar-refractivity contribution in [3.63, 3.8) is 0 Å². The molecular formula is C10H15NO3. The highest BCUT2D eigenvalue weighted by Crippen LogP contribution is 2.38. The van der Waals surface area contributed by atoms with Gasteiger partial charge in [0.25, 0.3) is 0 Å². The van der Waals surface area contributed by atoms with Gasteiger partial charge in [-0.2, -0.15) is 0 Å². The molecule has 4 nitrogen and oxygen atoms in total. The molecule has 2 rings (SSSR count). The average Bonchev–Trinajstić information content (AvgIpc) is 3.00. The van der Waals surface area contributed by atoms with Crippen LogP contribution in [-0.4, -0.2) is 25.0 Å². The van der Waals surface area contributed by atoms with E-state index in [-0.39, 0.29) is 23.8 Å². The Hall–Kier alpha value is -1.06. The minimum Gasteiger partial charge on any atom is -0.469 e. The SMILES string of the molecule is COC(=O)[C@H]1CCC(=O)N[C@@H]1C1CC1. The molecule has 0 radical (unpaired) electrons. The molecule has 0 spiro atoms. The smallest absolute Gasteiger partial charge is 0.310 e. The van der Waals surface area contributed by atoms with E-state index in [0.717, 1.165) is 12.8 Å². The number of hydrogen-bond donors (Lipinski definition) is 1. The number of methoxy groups -OCH3 is 1. The molecule has 78 valence electrons. The molecule has 0 aromatic rings. The molecule has 0 bridgehead atoms. The summed E-state index contributed by atoms with van der Waals surface area (Å²) >= 11 is 0. The summed E-state index contributed by atoms with van der Waals surface area (Å²) in [6, 6.07) is 0.0312. The van der Waals surface area contributed by atoms with Crippen LogP contribution in [-0.2, 0) is 14.3 Å². The maximum Gasteiger partial charge on any atom is 0.310 e. The molecule has 0 unspecified atom stereocenters. The summed E-state index contributed by atoms with van der Waals surface area (Å²) in [7, 11) is 1.41. The zero-order valence-corrected chi connectivity index (χ0v) is 8.29.